The zero-order valence-corrected chi connectivity index (χ0v) is 13.9. The summed E-state index contributed by atoms with van der Waals surface area (Å²) < 4.78 is 0.796. The second kappa shape index (κ2) is 7.04. The first-order valence-corrected chi connectivity index (χ1v) is 7.81. The number of aromatic nitrogens is 2. The van der Waals surface area contributed by atoms with Gasteiger partial charge in [0, 0.05) is 17.5 Å². The van der Waals surface area contributed by atoms with Crippen molar-refractivity contribution in [1.29, 1.82) is 0 Å². The van der Waals surface area contributed by atoms with Crippen molar-refractivity contribution in [3.8, 4) is 0 Å². The van der Waals surface area contributed by atoms with Crippen molar-refractivity contribution >= 4 is 33.3 Å². The van der Waals surface area contributed by atoms with Crippen molar-refractivity contribution in [3.63, 3.8) is 0 Å². The van der Waals surface area contributed by atoms with Gasteiger partial charge in [0.05, 0.1) is 6.04 Å². The highest BCUT2D eigenvalue weighted by atomic mass is 79.9. The average molecular weight is 355 g/mol. The molecule has 0 aliphatic heterocycles. The highest BCUT2D eigenvalue weighted by Crippen LogP contribution is 2.25. The third-order valence-corrected chi connectivity index (χ3v) is 3.70. The zero-order chi connectivity index (χ0) is 14.5. The lowest BCUT2D eigenvalue weighted by Gasteiger charge is -2.16. The van der Waals surface area contributed by atoms with Crippen LogP contribution in [0.4, 0.5) is 5.82 Å². The third-order valence-electron chi connectivity index (χ3n) is 2.95. The van der Waals surface area contributed by atoms with Gasteiger partial charge in [-0.2, -0.15) is 0 Å². The van der Waals surface area contributed by atoms with Crippen molar-refractivity contribution in [3.05, 3.63) is 51.3 Å². The predicted molar refractivity (Wildman–Crippen MR) is 87.2 cm³/mol. The molecule has 2 rings (SSSR count). The lowest BCUT2D eigenvalue weighted by atomic mass is 10.1. The number of nitrogens with zero attached hydrogens (tertiary/aromatic N) is 2. The fraction of sp³-hybridized carbons (Fsp3) is 0.333. The van der Waals surface area contributed by atoms with Gasteiger partial charge in [-0.3, -0.25) is 0 Å². The summed E-state index contributed by atoms with van der Waals surface area (Å²) >= 11 is 9.64. The van der Waals surface area contributed by atoms with Crippen molar-refractivity contribution < 1.29 is 0 Å². The molecule has 0 amide bonds. The summed E-state index contributed by atoms with van der Waals surface area (Å²) in [5.41, 5.74) is 1.06. The fourth-order valence-corrected chi connectivity index (χ4v) is 2.72. The number of aryl methyl sites for hydroxylation is 1. The van der Waals surface area contributed by atoms with Gasteiger partial charge in [-0.15, -0.1) is 0 Å². The van der Waals surface area contributed by atoms with Crippen LogP contribution in [0, 0.1) is 0 Å². The second-order valence-corrected chi connectivity index (χ2v) is 5.85. The molecule has 1 N–H and O–H groups in total. The maximum atomic E-state index is 6.22. The molecule has 0 saturated heterocycles. The van der Waals surface area contributed by atoms with E-state index in [1.165, 1.54) is 0 Å². The quantitative estimate of drug-likeness (QED) is 0.766. The van der Waals surface area contributed by atoms with Crippen molar-refractivity contribution in [2.24, 2.45) is 0 Å². The number of halogens is 2. The van der Waals surface area contributed by atoms with Gasteiger partial charge < -0.3 is 5.32 Å². The van der Waals surface area contributed by atoms with Crippen molar-refractivity contribution in [2.75, 3.05) is 5.32 Å². The fourth-order valence-electron chi connectivity index (χ4n) is 2.00. The van der Waals surface area contributed by atoms with Crippen LogP contribution in [0.3, 0.4) is 0 Å². The number of rotatable bonds is 5. The lowest BCUT2D eigenvalue weighted by molar-refractivity contribution is 0.814. The topological polar surface area (TPSA) is 37.8 Å². The predicted octanol–water partition coefficient (Wildman–Crippen LogP) is 5.02. The number of nitrogens with one attached hydrogen (secondary N) is 1. The second-order valence-electron chi connectivity index (χ2n) is 4.63. The van der Waals surface area contributed by atoms with E-state index in [-0.39, 0.29) is 6.04 Å². The number of benzene rings is 1. The Morgan fingerprint density at radius 1 is 1.30 bits per heavy atom. The van der Waals surface area contributed by atoms with E-state index in [1.807, 2.05) is 30.3 Å². The van der Waals surface area contributed by atoms with Crippen LogP contribution in [0.25, 0.3) is 0 Å². The lowest BCUT2D eigenvalue weighted by Crippen LogP contribution is -2.10. The first kappa shape index (κ1) is 15.3. The van der Waals surface area contributed by atoms with E-state index in [0.29, 0.717) is 0 Å². The van der Waals surface area contributed by atoms with E-state index in [4.69, 9.17) is 11.6 Å². The van der Waals surface area contributed by atoms with Gasteiger partial charge >= 0.3 is 0 Å². The molecule has 1 atom stereocenters. The maximum absolute atomic E-state index is 6.22. The summed E-state index contributed by atoms with van der Waals surface area (Å²) in [6, 6.07) is 9.79. The molecule has 5 heteroatoms. The Labute approximate surface area is 132 Å². The van der Waals surface area contributed by atoms with Gasteiger partial charge in [0.25, 0.3) is 0 Å². The molecule has 1 heterocycles. The Kier molecular flexibility index (Phi) is 5.38. The molecule has 0 bridgehead atoms. The largest absolute Gasteiger partial charge is 0.363 e. The highest BCUT2D eigenvalue weighted by molar-refractivity contribution is 9.10. The molecule has 1 unspecified atom stereocenters. The van der Waals surface area contributed by atoms with E-state index in [9.17, 15) is 0 Å². The minimum Gasteiger partial charge on any atom is -0.363 e. The van der Waals surface area contributed by atoms with E-state index >= 15 is 0 Å². The summed E-state index contributed by atoms with van der Waals surface area (Å²) in [6.45, 7) is 4.18. The Balaban J connectivity index is 2.19. The SMILES string of the molecule is CCCc1nc(Br)cc(NC(C)c2ccccc2Cl)n1. The Morgan fingerprint density at radius 2 is 2.05 bits per heavy atom. The summed E-state index contributed by atoms with van der Waals surface area (Å²) in [5.74, 6) is 1.65. The van der Waals surface area contributed by atoms with Crippen LogP contribution >= 0.6 is 27.5 Å². The molecule has 0 aliphatic carbocycles. The Bertz CT molecular complexity index is 589. The molecule has 0 aliphatic rings. The molecule has 0 saturated carbocycles. The van der Waals surface area contributed by atoms with Crippen LogP contribution in [0.15, 0.2) is 34.9 Å². The molecule has 20 heavy (non-hydrogen) atoms. The van der Waals surface area contributed by atoms with Crippen LogP contribution in [-0.2, 0) is 6.42 Å². The normalized spacial score (nSPS) is 12.2. The van der Waals surface area contributed by atoms with E-state index in [0.717, 1.165) is 39.7 Å². The van der Waals surface area contributed by atoms with Gasteiger partial charge in [-0.25, -0.2) is 9.97 Å². The Hall–Kier alpha value is -1.13. The molecule has 1 aromatic heterocycles. The first-order chi connectivity index (χ1) is 9.60. The van der Waals surface area contributed by atoms with Crippen molar-refractivity contribution in [2.45, 2.75) is 32.7 Å². The standard InChI is InChI=1S/C15H17BrClN3/c1-3-6-14-19-13(16)9-15(20-14)18-10(2)11-7-4-5-8-12(11)17/h4-5,7-10H,3,6H2,1-2H3,(H,18,19,20). The summed E-state index contributed by atoms with van der Waals surface area (Å²) in [4.78, 5) is 8.88. The number of hydrogen-bond donors (Lipinski definition) is 1. The number of hydrogen-bond acceptors (Lipinski definition) is 3. The van der Waals surface area contributed by atoms with Gasteiger partial charge in [0.15, 0.2) is 0 Å². The molecule has 3 nitrogen and oxygen atoms in total. The van der Waals surface area contributed by atoms with Crippen molar-refractivity contribution in [1.82, 2.24) is 9.97 Å². The third kappa shape index (κ3) is 3.93. The smallest absolute Gasteiger partial charge is 0.132 e. The van der Waals surface area contributed by atoms with Crippen LogP contribution < -0.4 is 5.32 Å². The zero-order valence-electron chi connectivity index (χ0n) is 11.5. The summed E-state index contributed by atoms with van der Waals surface area (Å²) in [7, 11) is 0. The Morgan fingerprint density at radius 3 is 2.75 bits per heavy atom. The van der Waals surface area contributed by atoms with E-state index < -0.39 is 0 Å². The molecule has 0 radical (unpaired) electrons. The van der Waals surface area contributed by atoms with Gasteiger partial charge in [0.1, 0.15) is 16.2 Å². The summed E-state index contributed by atoms with van der Waals surface area (Å²) in [6.07, 6.45) is 1.89. The maximum Gasteiger partial charge on any atom is 0.132 e. The monoisotopic (exact) mass is 353 g/mol. The van der Waals surface area contributed by atoms with Gasteiger partial charge in [-0.05, 0) is 40.9 Å². The minimum absolute atomic E-state index is 0.0833. The van der Waals surface area contributed by atoms with Gasteiger partial charge in [-0.1, -0.05) is 36.7 Å². The van der Waals surface area contributed by atoms with Crippen LogP contribution in [0.1, 0.15) is 37.7 Å². The average Bonchev–Trinajstić information content (AvgIpc) is 2.38. The molecule has 0 spiro atoms. The highest BCUT2D eigenvalue weighted by Gasteiger charge is 2.10. The molecule has 0 fully saturated rings. The molecule has 1 aromatic carbocycles. The van der Waals surface area contributed by atoms with E-state index in [1.54, 1.807) is 0 Å². The summed E-state index contributed by atoms with van der Waals surface area (Å²) in [5, 5.41) is 4.13. The molecular weight excluding hydrogens is 338 g/mol. The molecule has 2 aromatic rings. The van der Waals surface area contributed by atoms with Gasteiger partial charge in [0.2, 0.25) is 0 Å². The number of anilines is 1. The first-order valence-electron chi connectivity index (χ1n) is 6.64. The molecule has 106 valence electrons. The minimum atomic E-state index is 0.0833. The van der Waals surface area contributed by atoms with E-state index in [2.05, 4.69) is 45.1 Å². The van der Waals surface area contributed by atoms with Crippen LogP contribution in [0.5, 0.6) is 0 Å². The van der Waals surface area contributed by atoms with Crippen LogP contribution in [-0.4, -0.2) is 9.97 Å². The van der Waals surface area contributed by atoms with Crippen LogP contribution in [0.2, 0.25) is 5.02 Å². The molecular formula is C15H17BrClN3.